The molecular weight excluding hydrogens is 271 g/mol. The van der Waals surface area contributed by atoms with Crippen LogP contribution in [0.15, 0.2) is 17.3 Å². The Hall–Kier alpha value is 0.160. The van der Waals surface area contributed by atoms with Crippen LogP contribution < -0.4 is 0 Å². The van der Waals surface area contributed by atoms with Crippen molar-refractivity contribution in [1.82, 2.24) is 9.97 Å². The normalized spacial score (nSPS) is 10.5. The average molecular weight is 280 g/mol. The summed E-state index contributed by atoms with van der Waals surface area (Å²) in [5.41, 5.74) is 0. The Kier molecular flexibility index (Phi) is 3.58. The summed E-state index contributed by atoms with van der Waals surface area (Å²) < 4.78 is 0. The first-order valence-electron chi connectivity index (χ1n) is 3.34. The fourth-order valence-electron chi connectivity index (χ4n) is 0.664. The van der Waals surface area contributed by atoms with Gasteiger partial charge in [0, 0.05) is 39.5 Å². The Labute approximate surface area is 82.8 Å². The van der Waals surface area contributed by atoms with E-state index >= 15 is 0 Å². The first-order valence-corrected chi connectivity index (χ1v) is 6.70. The summed E-state index contributed by atoms with van der Waals surface area (Å²) in [7, 11) is 1.63. The van der Waals surface area contributed by atoms with Crippen LogP contribution >= 0.6 is 30.1 Å². The SMILES string of the molecule is CC(C)c1ncc(SI)cn1. The third-order valence-electron chi connectivity index (χ3n) is 1.25. The molecule has 60 valence electrons. The lowest BCUT2D eigenvalue weighted by Gasteiger charge is -2.01. The Morgan fingerprint density at radius 2 is 1.91 bits per heavy atom. The largest absolute Gasteiger partial charge is 0.240 e. The minimum Gasteiger partial charge on any atom is -0.240 e. The number of rotatable bonds is 2. The molecule has 4 heteroatoms. The van der Waals surface area contributed by atoms with Gasteiger partial charge >= 0.3 is 0 Å². The first-order chi connectivity index (χ1) is 5.24. The third-order valence-corrected chi connectivity index (χ3v) is 3.17. The van der Waals surface area contributed by atoms with E-state index in [1.165, 1.54) is 0 Å². The molecule has 0 aromatic carbocycles. The molecule has 2 nitrogen and oxygen atoms in total. The number of hydrogen-bond acceptors (Lipinski definition) is 3. The molecule has 0 aliphatic heterocycles. The van der Waals surface area contributed by atoms with Crippen molar-refractivity contribution in [2.24, 2.45) is 0 Å². The Bertz CT molecular complexity index is 222. The van der Waals surface area contributed by atoms with Crippen LogP contribution in [0.5, 0.6) is 0 Å². The van der Waals surface area contributed by atoms with Gasteiger partial charge in [0.2, 0.25) is 0 Å². The van der Waals surface area contributed by atoms with Gasteiger partial charge in [-0.25, -0.2) is 9.97 Å². The number of halogens is 1. The topological polar surface area (TPSA) is 25.8 Å². The summed E-state index contributed by atoms with van der Waals surface area (Å²) in [6.07, 6.45) is 3.72. The smallest absolute Gasteiger partial charge is 0.130 e. The quantitative estimate of drug-likeness (QED) is 0.779. The van der Waals surface area contributed by atoms with Crippen molar-refractivity contribution in [3.63, 3.8) is 0 Å². The summed E-state index contributed by atoms with van der Waals surface area (Å²) in [4.78, 5) is 9.53. The van der Waals surface area contributed by atoms with E-state index in [4.69, 9.17) is 0 Å². The maximum absolute atomic E-state index is 4.21. The van der Waals surface area contributed by atoms with Gasteiger partial charge in [0.05, 0.1) is 4.90 Å². The molecule has 0 unspecified atom stereocenters. The van der Waals surface area contributed by atoms with Crippen molar-refractivity contribution in [1.29, 1.82) is 0 Å². The maximum Gasteiger partial charge on any atom is 0.130 e. The molecule has 1 heterocycles. The maximum atomic E-state index is 4.21. The molecule has 11 heavy (non-hydrogen) atoms. The third kappa shape index (κ3) is 2.59. The van der Waals surface area contributed by atoms with Crippen molar-refractivity contribution < 1.29 is 0 Å². The van der Waals surface area contributed by atoms with Gasteiger partial charge in [0.15, 0.2) is 0 Å². The molecule has 0 saturated heterocycles. The lowest BCUT2D eigenvalue weighted by molar-refractivity contribution is 0.766. The lowest BCUT2D eigenvalue weighted by atomic mass is 10.2. The molecule has 0 N–H and O–H groups in total. The van der Waals surface area contributed by atoms with Crippen molar-refractivity contribution in [2.75, 3.05) is 0 Å². The van der Waals surface area contributed by atoms with Crippen LogP contribution in [0.1, 0.15) is 25.6 Å². The van der Waals surface area contributed by atoms with Gasteiger partial charge in [-0.2, -0.15) is 0 Å². The monoisotopic (exact) mass is 280 g/mol. The van der Waals surface area contributed by atoms with Crippen LogP contribution in [0.3, 0.4) is 0 Å². The Balaban J connectivity index is 2.83. The summed E-state index contributed by atoms with van der Waals surface area (Å²) in [5, 5.41) is 0. The van der Waals surface area contributed by atoms with Crippen LogP contribution in [-0.4, -0.2) is 9.97 Å². The van der Waals surface area contributed by atoms with Crippen LogP contribution in [0.2, 0.25) is 0 Å². The summed E-state index contributed by atoms with van der Waals surface area (Å²) >= 11 is 2.22. The molecule has 0 atom stereocenters. The van der Waals surface area contributed by atoms with Crippen LogP contribution in [0, 0.1) is 0 Å². The van der Waals surface area contributed by atoms with E-state index in [2.05, 4.69) is 45.0 Å². The highest BCUT2D eigenvalue weighted by atomic mass is 127. The standard InChI is InChI=1S/C7H9IN2S/c1-5(2)7-9-3-6(11-8)4-10-7/h3-5H,1-2H3. The fraction of sp³-hybridized carbons (Fsp3) is 0.429. The Morgan fingerprint density at radius 1 is 1.36 bits per heavy atom. The van der Waals surface area contributed by atoms with Gasteiger partial charge in [0.1, 0.15) is 5.82 Å². The number of aromatic nitrogens is 2. The predicted octanol–water partition coefficient (Wildman–Crippen LogP) is 3.04. The van der Waals surface area contributed by atoms with Crippen molar-refractivity contribution >= 4 is 30.1 Å². The van der Waals surface area contributed by atoms with E-state index in [1.807, 2.05) is 12.4 Å². The zero-order chi connectivity index (χ0) is 8.27. The molecule has 0 amide bonds. The molecule has 0 aliphatic carbocycles. The summed E-state index contributed by atoms with van der Waals surface area (Å²) in [5.74, 6) is 1.34. The van der Waals surface area contributed by atoms with E-state index in [0.717, 1.165) is 10.7 Å². The molecule has 1 aromatic heterocycles. The van der Waals surface area contributed by atoms with Gasteiger partial charge in [-0.15, -0.1) is 0 Å². The number of hydrogen-bond donors (Lipinski definition) is 0. The van der Waals surface area contributed by atoms with Crippen LogP contribution in [0.4, 0.5) is 0 Å². The second-order valence-electron chi connectivity index (χ2n) is 2.51. The Morgan fingerprint density at radius 3 is 2.27 bits per heavy atom. The van der Waals surface area contributed by atoms with E-state index in [9.17, 15) is 0 Å². The van der Waals surface area contributed by atoms with Crippen LogP contribution in [0.25, 0.3) is 0 Å². The van der Waals surface area contributed by atoms with Gasteiger partial charge in [-0.3, -0.25) is 0 Å². The van der Waals surface area contributed by atoms with E-state index < -0.39 is 0 Å². The molecule has 0 fully saturated rings. The molecule has 0 radical (unpaired) electrons. The average Bonchev–Trinajstić information content (AvgIpc) is 2.05. The van der Waals surface area contributed by atoms with Crippen molar-refractivity contribution in [3.05, 3.63) is 18.2 Å². The van der Waals surface area contributed by atoms with Crippen molar-refractivity contribution in [3.8, 4) is 0 Å². The lowest BCUT2D eigenvalue weighted by Crippen LogP contribution is -1.95. The highest BCUT2D eigenvalue weighted by molar-refractivity contribution is 14.2. The van der Waals surface area contributed by atoms with Gasteiger partial charge in [-0.1, -0.05) is 13.8 Å². The second-order valence-corrected chi connectivity index (χ2v) is 4.46. The second kappa shape index (κ2) is 4.25. The zero-order valence-corrected chi connectivity index (χ0v) is 9.39. The van der Waals surface area contributed by atoms with Gasteiger partial charge in [0.25, 0.3) is 0 Å². The molecule has 0 aliphatic rings. The molecule has 1 rings (SSSR count). The molecular formula is C7H9IN2S. The van der Waals surface area contributed by atoms with E-state index in [0.29, 0.717) is 5.92 Å². The highest BCUT2D eigenvalue weighted by Crippen LogP contribution is 2.23. The highest BCUT2D eigenvalue weighted by Gasteiger charge is 2.00. The van der Waals surface area contributed by atoms with Gasteiger partial charge in [-0.05, 0) is 8.93 Å². The van der Waals surface area contributed by atoms with E-state index in [-0.39, 0.29) is 0 Å². The van der Waals surface area contributed by atoms with Gasteiger partial charge < -0.3 is 0 Å². The fourth-order valence-corrected chi connectivity index (χ4v) is 1.53. The molecule has 0 saturated carbocycles. The predicted molar refractivity (Wildman–Crippen MR) is 56.0 cm³/mol. The first kappa shape index (κ1) is 9.25. The minimum atomic E-state index is 0.420. The van der Waals surface area contributed by atoms with Crippen molar-refractivity contribution in [2.45, 2.75) is 24.7 Å². The zero-order valence-electron chi connectivity index (χ0n) is 6.41. The number of nitrogens with zero attached hydrogens (tertiary/aromatic N) is 2. The molecule has 0 spiro atoms. The van der Waals surface area contributed by atoms with E-state index in [1.54, 1.807) is 8.93 Å². The minimum absolute atomic E-state index is 0.420. The van der Waals surface area contributed by atoms with Crippen LogP contribution in [-0.2, 0) is 0 Å². The molecule has 0 bridgehead atoms. The molecule has 1 aromatic rings. The summed E-state index contributed by atoms with van der Waals surface area (Å²) in [6.45, 7) is 4.18. The summed E-state index contributed by atoms with van der Waals surface area (Å²) in [6, 6.07) is 0.